The average Bonchev–Trinajstić information content (AvgIpc) is 3.01. The molecule has 2 heterocycles. The van der Waals surface area contributed by atoms with Gasteiger partial charge in [-0.15, -0.1) is 0 Å². The lowest BCUT2D eigenvalue weighted by Crippen LogP contribution is -2.64. The molecule has 46 heavy (non-hydrogen) atoms. The van der Waals surface area contributed by atoms with Gasteiger partial charge in [-0.3, -0.25) is 4.79 Å². The number of phenols is 2. The fraction of sp³-hybridized carbons (Fsp3) is 0.406. The molecule has 0 spiro atoms. The molecule has 2 aromatic carbocycles. The Bertz CT molecular complexity index is 1770. The van der Waals surface area contributed by atoms with Crippen molar-refractivity contribution < 1.29 is 69.1 Å². The van der Waals surface area contributed by atoms with Crippen LogP contribution in [-0.4, -0.2) is 91.1 Å². The molecular weight excluding hydrogens is 608 g/mol. The number of aliphatic hydroxyl groups excluding tert-OH is 5. The summed E-state index contributed by atoms with van der Waals surface area (Å²) in [6.45, 7) is 3.09. The molecule has 4 aliphatic rings. The molecule has 0 amide bonds. The van der Waals surface area contributed by atoms with Crippen molar-refractivity contribution in [3.63, 3.8) is 0 Å². The molecule has 14 heteroatoms. The average molecular weight is 641 g/mol. The number of methoxy groups -OCH3 is 2. The Morgan fingerprint density at radius 2 is 1.30 bits per heavy atom. The monoisotopic (exact) mass is 640 g/mol. The van der Waals surface area contributed by atoms with Gasteiger partial charge in [0.05, 0.1) is 36.7 Å². The van der Waals surface area contributed by atoms with Crippen molar-refractivity contribution in [3.05, 3.63) is 52.3 Å². The summed E-state index contributed by atoms with van der Waals surface area (Å²) in [5.74, 6) is -7.53. The third kappa shape index (κ3) is 3.77. The van der Waals surface area contributed by atoms with E-state index in [1.165, 1.54) is 31.2 Å². The molecule has 1 saturated carbocycles. The van der Waals surface area contributed by atoms with Crippen LogP contribution in [0.3, 0.4) is 0 Å². The number of fused-ring (bicyclic) bond motifs is 4. The van der Waals surface area contributed by atoms with Crippen molar-refractivity contribution in [3.8, 4) is 34.1 Å². The van der Waals surface area contributed by atoms with Gasteiger partial charge in [-0.1, -0.05) is 13.8 Å². The van der Waals surface area contributed by atoms with E-state index < -0.39 is 98.8 Å². The number of allylic oxidation sites excluding steroid dienone is 1. The van der Waals surface area contributed by atoms with Gasteiger partial charge in [0.2, 0.25) is 0 Å². The maximum absolute atomic E-state index is 13.2. The smallest absolute Gasteiger partial charge is 0.358 e. The molecule has 7 N–H and O–H groups in total. The number of hydrogen-bond acceptors (Lipinski definition) is 14. The second kappa shape index (κ2) is 10.4. The number of rotatable bonds is 3. The lowest BCUT2D eigenvalue weighted by molar-refractivity contribution is -0.175. The van der Waals surface area contributed by atoms with Gasteiger partial charge in [-0.2, -0.15) is 0 Å². The first-order valence-electron chi connectivity index (χ1n) is 14.4. The number of Topliss-reactive ketones (excluding diaryl/α,β-unsaturated/α-hetero) is 1. The number of ether oxygens (including phenoxy) is 4. The van der Waals surface area contributed by atoms with Crippen LogP contribution in [0, 0.1) is 11.8 Å². The zero-order valence-corrected chi connectivity index (χ0v) is 25.1. The number of benzene rings is 2. The molecule has 0 saturated heterocycles. The summed E-state index contributed by atoms with van der Waals surface area (Å²) >= 11 is 0. The normalized spacial score (nSPS) is 31.5. The van der Waals surface area contributed by atoms with Crippen molar-refractivity contribution >= 4 is 23.5 Å². The highest BCUT2D eigenvalue weighted by molar-refractivity contribution is 6.12. The van der Waals surface area contributed by atoms with Gasteiger partial charge in [0.1, 0.15) is 52.6 Å². The van der Waals surface area contributed by atoms with Crippen LogP contribution in [0.2, 0.25) is 0 Å². The van der Waals surface area contributed by atoms with Crippen LogP contribution in [0.15, 0.2) is 41.2 Å². The molecule has 1 fully saturated rings. The lowest BCUT2D eigenvalue weighted by Gasteiger charge is -2.47. The number of esters is 2. The van der Waals surface area contributed by atoms with Gasteiger partial charge in [-0.05, 0) is 36.1 Å². The van der Waals surface area contributed by atoms with Gasteiger partial charge in [0, 0.05) is 24.0 Å². The highest BCUT2D eigenvalue weighted by atomic mass is 16.6. The van der Waals surface area contributed by atoms with Crippen LogP contribution >= 0.6 is 0 Å². The number of ketones is 1. The zero-order valence-electron chi connectivity index (χ0n) is 25.1. The molecule has 244 valence electrons. The molecular formula is C32H32O14. The van der Waals surface area contributed by atoms with Crippen LogP contribution < -0.4 is 9.47 Å². The molecule has 0 radical (unpaired) electrons. The first-order chi connectivity index (χ1) is 21.7. The third-order valence-corrected chi connectivity index (χ3v) is 9.44. The predicted octanol–water partition coefficient (Wildman–Crippen LogP) is 1.86. The Kier molecular flexibility index (Phi) is 7.03. The van der Waals surface area contributed by atoms with Gasteiger partial charge < -0.3 is 54.7 Å². The first-order valence-corrected chi connectivity index (χ1v) is 14.4. The summed E-state index contributed by atoms with van der Waals surface area (Å²) in [6.07, 6.45) is -5.39. The fourth-order valence-corrected chi connectivity index (χ4v) is 7.18. The molecule has 1 unspecified atom stereocenters. The summed E-state index contributed by atoms with van der Waals surface area (Å²) in [5, 5.41) is 78.8. The van der Waals surface area contributed by atoms with Crippen LogP contribution in [0.4, 0.5) is 0 Å². The maximum Gasteiger partial charge on any atom is 0.358 e. The van der Waals surface area contributed by atoms with Crippen LogP contribution in [-0.2, 0) is 23.9 Å². The summed E-state index contributed by atoms with van der Waals surface area (Å²) in [7, 11) is 2.08. The predicted molar refractivity (Wildman–Crippen MR) is 155 cm³/mol. The number of aliphatic hydroxyl groups is 5. The van der Waals surface area contributed by atoms with Gasteiger partial charge in [0.15, 0.2) is 5.78 Å². The number of carbonyl (C=O) groups is 3. The first kappa shape index (κ1) is 31.2. The molecule has 6 rings (SSSR count). The summed E-state index contributed by atoms with van der Waals surface area (Å²) in [5.41, 5.74) is -6.72. The minimum atomic E-state index is -2.41. The Labute approximate surface area is 261 Å². The maximum atomic E-state index is 13.2. The van der Waals surface area contributed by atoms with Crippen molar-refractivity contribution in [1.82, 2.24) is 0 Å². The molecule has 2 aromatic rings. The Morgan fingerprint density at radius 3 is 1.93 bits per heavy atom. The molecule has 2 aliphatic carbocycles. The highest BCUT2D eigenvalue weighted by Crippen LogP contribution is 2.57. The minimum absolute atomic E-state index is 0.121. The van der Waals surface area contributed by atoms with E-state index >= 15 is 0 Å². The Balaban J connectivity index is 1.53. The van der Waals surface area contributed by atoms with E-state index in [1.807, 2.05) is 0 Å². The molecule has 0 bridgehead atoms. The number of hydrogen-bond donors (Lipinski definition) is 7. The number of phenolic OH excluding ortho intramolecular Hbond substituents is 2. The second-order valence-corrected chi connectivity index (χ2v) is 12.0. The van der Waals surface area contributed by atoms with E-state index in [4.69, 9.17) is 18.9 Å². The van der Waals surface area contributed by atoms with Gasteiger partial charge >= 0.3 is 11.9 Å². The van der Waals surface area contributed by atoms with Crippen LogP contribution in [0.5, 0.6) is 23.0 Å². The summed E-state index contributed by atoms with van der Waals surface area (Å²) < 4.78 is 21.6. The molecule has 2 aliphatic heterocycles. The van der Waals surface area contributed by atoms with Crippen molar-refractivity contribution in [2.45, 2.75) is 56.2 Å². The minimum Gasteiger partial charge on any atom is -0.512 e. The van der Waals surface area contributed by atoms with E-state index in [0.717, 1.165) is 14.2 Å². The van der Waals surface area contributed by atoms with E-state index in [1.54, 1.807) is 6.92 Å². The molecule has 0 aromatic heterocycles. The number of carbonyl (C=O) groups excluding carboxylic acids is 3. The van der Waals surface area contributed by atoms with Gasteiger partial charge in [-0.25, -0.2) is 9.59 Å². The van der Waals surface area contributed by atoms with Crippen molar-refractivity contribution in [2.24, 2.45) is 11.8 Å². The topological polar surface area (TPSA) is 230 Å². The SMILES string of the molecule is COC(=O)[C@@]12Oc3ccc(-c4ccc5c(c4O)C(O)C4=C(O)C[C@H](C)[C@@H](O)[C@]4(C(=O)OC)O5)c(O)c3C(O)=C1C(=O)C[C@H](C)[C@H]2O. The van der Waals surface area contributed by atoms with Crippen LogP contribution in [0.1, 0.15) is 43.9 Å². The fourth-order valence-electron chi connectivity index (χ4n) is 7.18. The standard InChI is InChI=1S/C32H32O14/c1-11-9-15(33)21-25(37)19-17(45-31(21,27(11)39)29(41)43-3)7-5-13(23(19)35)14-6-8-18-20(24(14)36)26(38)22-16(34)10-12(2)28(40)32(22,46-18)30(42)44-4/h5-8,11-12,25,27-28,33,35-40H,9-10H2,1-4H3/t11-,12-,25?,27+,28+,31+,32+/m0/s1. The van der Waals surface area contributed by atoms with Crippen molar-refractivity contribution in [1.29, 1.82) is 0 Å². The van der Waals surface area contributed by atoms with E-state index in [0.29, 0.717) is 0 Å². The Morgan fingerprint density at radius 1 is 0.783 bits per heavy atom. The quantitative estimate of drug-likeness (QED) is 0.238. The molecule has 7 atom stereocenters. The highest BCUT2D eigenvalue weighted by Gasteiger charge is 2.64. The van der Waals surface area contributed by atoms with E-state index in [-0.39, 0.29) is 41.0 Å². The van der Waals surface area contributed by atoms with Crippen molar-refractivity contribution in [2.75, 3.05) is 14.2 Å². The van der Waals surface area contributed by atoms with E-state index in [2.05, 4.69) is 0 Å². The molecule has 14 nitrogen and oxygen atoms in total. The van der Waals surface area contributed by atoms with Crippen LogP contribution in [0.25, 0.3) is 16.9 Å². The summed E-state index contributed by atoms with van der Waals surface area (Å²) in [6, 6.07) is 5.03. The zero-order chi connectivity index (χ0) is 33.6. The number of aromatic hydroxyl groups is 2. The summed E-state index contributed by atoms with van der Waals surface area (Å²) in [4.78, 5) is 39.2. The third-order valence-electron chi connectivity index (χ3n) is 9.44. The van der Waals surface area contributed by atoms with E-state index in [9.17, 15) is 50.1 Å². The Hall–Kier alpha value is -4.79. The van der Waals surface area contributed by atoms with Gasteiger partial charge in [0.25, 0.3) is 11.2 Å². The lowest BCUT2D eigenvalue weighted by atomic mass is 9.69. The largest absolute Gasteiger partial charge is 0.512 e. The second-order valence-electron chi connectivity index (χ2n) is 12.0.